The molecule has 2 aromatic carbocycles. The summed E-state index contributed by atoms with van der Waals surface area (Å²) in [6, 6.07) is 10.3. The van der Waals surface area contributed by atoms with Gasteiger partial charge in [0.15, 0.2) is 0 Å². The number of hydrogen-bond acceptors (Lipinski definition) is 4. The van der Waals surface area contributed by atoms with Gasteiger partial charge in [-0.3, -0.25) is 14.9 Å². The van der Waals surface area contributed by atoms with Gasteiger partial charge >= 0.3 is 0 Å². The SMILES string of the molecule is CC(c1ccc(F)cc1)N(C)C(=O)c1ccc(N2CCCC2)c([N+](=O)[O-])c1. The van der Waals surface area contributed by atoms with E-state index < -0.39 is 4.92 Å². The highest BCUT2D eigenvalue weighted by molar-refractivity contribution is 5.96. The summed E-state index contributed by atoms with van der Waals surface area (Å²) in [5.74, 6) is -0.657. The number of nitro benzene ring substituents is 1. The molecule has 0 aromatic heterocycles. The Morgan fingerprint density at radius 1 is 1.19 bits per heavy atom. The van der Waals surface area contributed by atoms with E-state index in [-0.39, 0.29) is 29.0 Å². The van der Waals surface area contributed by atoms with Crippen LogP contribution in [0.4, 0.5) is 15.8 Å². The maximum absolute atomic E-state index is 13.1. The summed E-state index contributed by atoms with van der Waals surface area (Å²) in [5, 5.41) is 11.5. The molecule has 27 heavy (non-hydrogen) atoms. The summed E-state index contributed by atoms with van der Waals surface area (Å²) < 4.78 is 13.1. The van der Waals surface area contributed by atoms with Crippen molar-refractivity contribution in [2.75, 3.05) is 25.0 Å². The first-order valence-electron chi connectivity index (χ1n) is 8.94. The molecule has 1 unspecified atom stereocenters. The minimum absolute atomic E-state index is 0.0504. The second-order valence-electron chi connectivity index (χ2n) is 6.80. The van der Waals surface area contributed by atoms with E-state index in [1.165, 1.54) is 23.1 Å². The Balaban J connectivity index is 1.86. The predicted molar refractivity (Wildman–Crippen MR) is 101 cm³/mol. The van der Waals surface area contributed by atoms with Gasteiger partial charge in [-0.2, -0.15) is 0 Å². The lowest BCUT2D eigenvalue weighted by atomic mass is 10.1. The van der Waals surface area contributed by atoms with E-state index in [1.807, 2.05) is 11.8 Å². The average molecular weight is 371 g/mol. The zero-order valence-corrected chi connectivity index (χ0v) is 15.4. The summed E-state index contributed by atoms with van der Waals surface area (Å²) >= 11 is 0. The van der Waals surface area contributed by atoms with Crippen LogP contribution in [0.25, 0.3) is 0 Å². The Hall–Kier alpha value is -2.96. The fourth-order valence-electron chi connectivity index (χ4n) is 3.37. The van der Waals surface area contributed by atoms with Crippen molar-refractivity contribution in [2.24, 2.45) is 0 Å². The molecule has 1 fully saturated rings. The largest absolute Gasteiger partial charge is 0.366 e. The highest BCUT2D eigenvalue weighted by Crippen LogP contribution is 2.32. The van der Waals surface area contributed by atoms with E-state index in [0.29, 0.717) is 5.69 Å². The van der Waals surface area contributed by atoms with Crippen molar-refractivity contribution in [3.05, 3.63) is 69.5 Å². The van der Waals surface area contributed by atoms with Gasteiger partial charge in [-0.15, -0.1) is 0 Å². The molecule has 3 rings (SSSR count). The minimum Gasteiger partial charge on any atom is -0.366 e. The number of benzene rings is 2. The van der Waals surface area contributed by atoms with Gasteiger partial charge in [0, 0.05) is 31.8 Å². The predicted octanol–water partition coefficient (Wildman–Crippen LogP) is 4.17. The molecule has 0 N–H and O–H groups in total. The first kappa shape index (κ1) is 18.8. The number of hydrogen-bond donors (Lipinski definition) is 0. The molecule has 1 aliphatic rings. The van der Waals surface area contributed by atoms with E-state index in [4.69, 9.17) is 0 Å². The molecule has 1 amide bonds. The second-order valence-corrected chi connectivity index (χ2v) is 6.80. The van der Waals surface area contributed by atoms with E-state index in [1.54, 1.807) is 31.3 Å². The lowest BCUT2D eigenvalue weighted by Gasteiger charge is -2.26. The third-order valence-corrected chi connectivity index (χ3v) is 5.12. The zero-order chi connectivity index (χ0) is 19.6. The van der Waals surface area contributed by atoms with Gasteiger partial charge in [0.2, 0.25) is 0 Å². The topological polar surface area (TPSA) is 66.7 Å². The Morgan fingerprint density at radius 3 is 2.41 bits per heavy atom. The maximum Gasteiger partial charge on any atom is 0.293 e. The van der Waals surface area contributed by atoms with Crippen LogP contribution < -0.4 is 4.90 Å². The smallest absolute Gasteiger partial charge is 0.293 e. The van der Waals surface area contributed by atoms with Crippen molar-refractivity contribution >= 4 is 17.3 Å². The van der Waals surface area contributed by atoms with Crippen LogP contribution in [0.1, 0.15) is 41.7 Å². The highest BCUT2D eigenvalue weighted by Gasteiger charge is 2.26. The van der Waals surface area contributed by atoms with E-state index in [0.717, 1.165) is 31.5 Å². The van der Waals surface area contributed by atoms with Gasteiger partial charge in [0.05, 0.1) is 11.0 Å². The van der Waals surface area contributed by atoms with Crippen LogP contribution in [0.3, 0.4) is 0 Å². The molecule has 6 nitrogen and oxygen atoms in total. The summed E-state index contributed by atoms with van der Waals surface area (Å²) in [6.45, 7) is 3.41. The van der Waals surface area contributed by atoms with Crippen LogP contribution in [0.2, 0.25) is 0 Å². The summed E-state index contributed by atoms with van der Waals surface area (Å²) in [4.78, 5) is 27.4. The van der Waals surface area contributed by atoms with Gasteiger partial charge in [0.25, 0.3) is 11.6 Å². The molecular weight excluding hydrogens is 349 g/mol. The third kappa shape index (κ3) is 3.92. The van der Waals surface area contributed by atoms with Crippen molar-refractivity contribution in [1.29, 1.82) is 0 Å². The molecule has 0 aliphatic carbocycles. The molecule has 0 bridgehead atoms. The number of carbonyl (C=O) groups is 1. The zero-order valence-electron chi connectivity index (χ0n) is 15.4. The standard InChI is InChI=1S/C20H22FN3O3/c1-14(15-5-8-17(21)9-6-15)22(2)20(25)16-7-10-18(19(13-16)24(26)27)23-11-3-4-12-23/h5-10,13-14H,3-4,11-12H2,1-2H3. The second kappa shape index (κ2) is 7.73. The molecule has 2 aromatic rings. The first-order chi connectivity index (χ1) is 12.9. The highest BCUT2D eigenvalue weighted by atomic mass is 19.1. The van der Waals surface area contributed by atoms with Crippen LogP contribution in [0.5, 0.6) is 0 Å². The van der Waals surface area contributed by atoms with E-state index in [9.17, 15) is 19.3 Å². The summed E-state index contributed by atoms with van der Waals surface area (Å²) in [7, 11) is 1.64. The monoisotopic (exact) mass is 371 g/mol. The lowest BCUT2D eigenvalue weighted by molar-refractivity contribution is -0.384. The average Bonchev–Trinajstić information content (AvgIpc) is 3.21. The van der Waals surface area contributed by atoms with Gasteiger partial charge in [-0.05, 0) is 49.6 Å². The Labute approximate surface area is 157 Å². The third-order valence-electron chi connectivity index (χ3n) is 5.12. The number of nitro groups is 1. The molecule has 1 atom stereocenters. The first-order valence-corrected chi connectivity index (χ1v) is 8.94. The molecule has 0 saturated carbocycles. The van der Waals surface area contributed by atoms with Crippen molar-refractivity contribution in [1.82, 2.24) is 4.90 Å². The van der Waals surface area contributed by atoms with Crippen molar-refractivity contribution < 1.29 is 14.1 Å². The molecule has 1 saturated heterocycles. The number of carbonyl (C=O) groups excluding carboxylic acids is 1. The normalized spacial score (nSPS) is 14.9. The van der Waals surface area contributed by atoms with Crippen molar-refractivity contribution in [2.45, 2.75) is 25.8 Å². The maximum atomic E-state index is 13.1. The molecule has 0 radical (unpaired) electrons. The van der Waals surface area contributed by atoms with Crippen LogP contribution in [0.15, 0.2) is 42.5 Å². The number of amides is 1. The molecule has 142 valence electrons. The van der Waals surface area contributed by atoms with Gasteiger partial charge in [-0.1, -0.05) is 12.1 Å². The summed E-state index contributed by atoms with van der Waals surface area (Å²) in [5.41, 5.74) is 1.56. The molecular formula is C20H22FN3O3. The van der Waals surface area contributed by atoms with Crippen LogP contribution in [-0.2, 0) is 0 Å². The summed E-state index contributed by atoms with van der Waals surface area (Å²) in [6.07, 6.45) is 2.02. The van der Waals surface area contributed by atoms with Gasteiger partial charge in [-0.25, -0.2) is 4.39 Å². The molecule has 7 heteroatoms. The van der Waals surface area contributed by atoms with Crippen molar-refractivity contribution in [3.8, 4) is 0 Å². The molecule has 1 heterocycles. The van der Waals surface area contributed by atoms with Crippen molar-refractivity contribution in [3.63, 3.8) is 0 Å². The fourth-order valence-corrected chi connectivity index (χ4v) is 3.37. The van der Waals surface area contributed by atoms with Gasteiger partial charge in [0.1, 0.15) is 11.5 Å². The van der Waals surface area contributed by atoms with E-state index in [2.05, 4.69) is 0 Å². The molecule has 0 spiro atoms. The number of rotatable bonds is 5. The number of nitrogens with zero attached hydrogens (tertiary/aromatic N) is 3. The van der Waals surface area contributed by atoms with Crippen LogP contribution in [-0.4, -0.2) is 35.9 Å². The Kier molecular flexibility index (Phi) is 5.39. The minimum atomic E-state index is -0.437. The number of anilines is 1. The Bertz CT molecular complexity index is 848. The number of halogens is 1. The van der Waals surface area contributed by atoms with Crippen LogP contribution >= 0.6 is 0 Å². The van der Waals surface area contributed by atoms with E-state index >= 15 is 0 Å². The quantitative estimate of drug-likeness (QED) is 0.584. The van der Waals surface area contributed by atoms with Gasteiger partial charge < -0.3 is 9.80 Å². The Morgan fingerprint density at radius 2 is 1.81 bits per heavy atom. The fraction of sp³-hybridized carbons (Fsp3) is 0.350. The molecule has 1 aliphatic heterocycles. The van der Waals surface area contributed by atoms with Crippen LogP contribution in [0, 0.1) is 15.9 Å². The lowest BCUT2D eigenvalue weighted by Crippen LogP contribution is -2.30.